The van der Waals surface area contributed by atoms with Gasteiger partial charge in [-0.15, -0.1) is 0 Å². The zero-order chi connectivity index (χ0) is 17.5. The Kier molecular flexibility index (Phi) is 6.20. The molecule has 1 aromatic carbocycles. The molecule has 0 unspecified atom stereocenters. The summed E-state index contributed by atoms with van der Waals surface area (Å²) in [5.41, 5.74) is 4.44. The minimum atomic E-state index is -1.03. The van der Waals surface area contributed by atoms with E-state index in [-0.39, 0.29) is 13.0 Å². The van der Waals surface area contributed by atoms with E-state index in [1.165, 1.54) is 0 Å². The lowest BCUT2D eigenvalue weighted by Gasteiger charge is -2.24. The lowest BCUT2D eigenvalue weighted by molar-refractivity contribution is -0.147. The Bertz CT molecular complexity index is 662. The quantitative estimate of drug-likeness (QED) is 0.550. The molecule has 1 aliphatic rings. The van der Waals surface area contributed by atoms with Gasteiger partial charge in [-0.25, -0.2) is 0 Å². The Balaban J connectivity index is 1.80. The van der Waals surface area contributed by atoms with Gasteiger partial charge in [0.05, 0.1) is 16.9 Å². The molecule has 1 aromatic rings. The number of hydrazine groups is 1. The number of para-hydroxylation sites is 1. The number of rotatable bonds is 5. The topological polar surface area (TPSA) is 105 Å². The SMILES string of the molecule is O=C(COc1ccccc1Cl)NNC(=O)[C@@H]1CC=CC[C@H]1C(=O)O. The fourth-order valence-corrected chi connectivity index (χ4v) is 2.53. The van der Waals surface area contributed by atoms with Crippen LogP contribution in [0.1, 0.15) is 12.8 Å². The van der Waals surface area contributed by atoms with Crippen LogP contribution in [0, 0.1) is 11.8 Å². The highest BCUT2D eigenvalue weighted by molar-refractivity contribution is 6.32. The number of ether oxygens (including phenoxy) is 1. The van der Waals surface area contributed by atoms with Gasteiger partial charge in [-0.3, -0.25) is 25.2 Å². The monoisotopic (exact) mass is 352 g/mol. The minimum Gasteiger partial charge on any atom is -0.482 e. The first-order chi connectivity index (χ1) is 11.5. The van der Waals surface area contributed by atoms with Crippen LogP contribution >= 0.6 is 11.6 Å². The molecule has 0 aliphatic heterocycles. The number of amides is 2. The van der Waals surface area contributed by atoms with E-state index in [0.717, 1.165) is 0 Å². The van der Waals surface area contributed by atoms with Gasteiger partial charge in [-0.2, -0.15) is 0 Å². The number of carboxylic acids is 1. The van der Waals surface area contributed by atoms with Crippen LogP contribution < -0.4 is 15.6 Å². The van der Waals surface area contributed by atoms with Gasteiger partial charge in [0.25, 0.3) is 5.91 Å². The molecular weight excluding hydrogens is 336 g/mol. The Labute approximate surface area is 143 Å². The summed E-state index contributed by atoms with van der Waals surface area (Å²) in [5.74, 6) is -3.33. The van der Waals surface area contributed by atoms with Crippen molar-refractivity contribution in [3.05, 3.63) is 41.4 Å². The third-order valence-corrected chi connectivity index (χ3v) is 3.92. The molecule has 0 bridgehead atoms. The van der Waals surface area contributed by atoms with Crippen molar-refractivity contribution < 1.29 is 24.2 Å². The van der Waals surface area contributed by atoms with E-state index >= 15 is 0 Å². The van der Waals surface area contributed by atoms with Gasteiger partial charge in [0.1, 0.15) is 5.75 Å². The molecule has 0 radical (unpaired) electrons. The Morgan fingerprint density at radius 1 is 1.12 bits per heavy atom. The summed E-state index contributed by atoms with van der Waals surface area (Å²) in [7, 11) is 0. The number of allylic oxidation sites excluding steroid dienone is 2. The summed E-state index contributed by atoms with van der Waals surface area (Å²) in [4.78, 5) is 34.9. The van der Waals surface area contributed by atoms with E-state index in [1.54, 1.807) is 36.4 Å². The second-order valence-electron chi connectivity index (χ2n) is 5.25. The van der Waals surface area contributed by atoms with Crippen LogP contribution in [0.5, 0.6) is 5.75 Å². The molecule has 0 saturated carbocycles. The molecule has 0 saturated heterocycles. The maximum atomic E-state index is 12.1. The summed E-state index contributed by atoms with van der Waals surface area (Å²) >= 11 is 5.89. The largest absolute Gasteiger partial charge is 0.482 e. The molecule has 0 spiro atoms. The zero-order valence-corrected chi connectivity index (χ0v) is 13.5. The van der Waals surface area contributed by atoms with Crippen LogP contribution in [0.2, 0.25) is 5.02 Å². The summed E-state index contributed by atoms with van der Waals surface area (Å²) < 4.78 is 5.24. The zero-order valence-electron chi connectivity index (χ0n) is 12.7. The molecule has 24 heavy (non-hydrogen) atoms. The molecule has 7 nitrogen and oxygen atoms in total. The summed E-state index contributed by atoms with van der Waals surface area (Å²) in [6.45, 7) is -0.336. The molecule has 0 heterocycles. The van der Waals surface area contributed by atoms with Gasteiger partial charge in [-0.1, -0.05) is 35.9 Å². The third-order valence-electron chi connectivity index (χ3n) is 3.61. The highest BCUT2D eigenvalue weighted by Crippen LogP contribution is 2.26. The van der Waals surface area contributed by atoms with Crippen LogP contribution in [0.25, 0.3) is 0 Å². The molecule has 3 N–H and O–H groups in total. The normalized spacial score (nSPS) is 19.4. The molecule has 8 heteroatoms. The molecule has 0 aromatic heterocycles. The van der Waals surface area contributed by atoms with Gasteiger partial charge >= 0.3 is 5.97 Å². The van der Waals surface area contributed by atoms with Gasteiger partial charge in [-0.05, 0) is 25.0 Å². The summed E-state index contributed by atoms with van der Waals surface area (Å²) in [6.07, 6.45) is 4.09. The van der Waals surface area contributed by atoms with Crippen molar-refractivity contribution in [1.82, 2.24) is 10.9 Å². The third kappa shape index (κ3) is 4.73. The fraction of sp³-hybridized carbons (Fsp3) is 0.312. The minimum absolute atomic E-state index is 0.289. The standard InChI is InChI=1S/C16H17ClN2O5/c17-12-7-3-4-8-13(12)24-9-14(20)18-19-15(21)10-5-1-2-6-11(10)16(22)23/h1-4,7-8,10-11H,5-6,9H2,(H,18,20)(H,19,21)(H,22,23)/t10-,11-/m1/s1. The molecule has 2 rings (SSSR count). The number of carboxylic acid groups (broad SMARTS) is 1. The first-order valence-corrected chi connectivity index (χ1v) is 7.70. The van der Waals surface area contributed by atoms with Crippen LogP contribution in [-0.4, -0.2) is 29.5 Å². The number of hydrogen-bond donors (Lipinski definition) is 3. The average Bonchev–Trinajstić information content (AvgIpc) is 2.59. The fourth-order valence-electron chi connectivity index (χ4n) is 2.34. The number of aliphatic carboxylic acids is 1. The molecule has 2 amide bonds. The predicted octanol–water partition coefficient (Wildman–Crippen LogP) is 1.53. The van der Waals surface area contributed by atoms with E-state index in [4.69, 9.17) is 21.4 Å². The molecule has 1 aliphatic carbocycles. The van der Waals surface area contributed by atoms with Crippen molar-refractivity contribution in [2.24, 2.45) is 11.8 Å². The number of halogens is 1. The molecule has 2 atom stereocenters. The lowest BCUT2D eigenvalue weighted by atomic mass is 9.82. The first kappa shape index (κ1) is 17.8. The number of carbonyl (C=O) groups is 3. The Hall–Kier alpha value is -2.54. The Morgan fingerprint density at radius 3 is 2.46 bits per heavy atom. The van der Waals surface area contributed by atoms with Crippen molar-refractivity contribution in [3.8, 4) is 5.75 Å². The summed E-state index contributed by atoms with van der Waals surface area (Å²) in [5, 5.41) is 9.51. The van der Waals surface area contributed by atoms with Gasteiger partial charge in [0.2, 0.25) is 5.91 Å². The number of carbonyl (C=O) groups excluding carboxylic acids is 2. The lowest BCUT2D eigenvalue weighted by Crippen LogP contribution is -2.48. The first-order valence-electron chi connectivity index (χ1n) is 7.33. The second kappa shape index (κ2) is 8.35. The van der Waals surface area contributed by atoms with Crippen molar-refractivity contribution in [3.63, 3.8) is 0 Å². The van der Waals surface area contributed by atoms with Gasteiger partial charge < -0.3 is 9.84 Å². The molecule has 0 fully saturated rings. The van der Waals surface area contributed by atoms with Crippen LogP contribution in [-0.2, 0) is 14.4 Å². The van der Waals surface area contributed by atoms with E-state index in [2.05, 4.69) is 10.9 Å². The predicted molar refractivity (Wildman–Crippen MR) is 86.2 cm³/mol. The van der Waals surface area contributed by atoms with E-state index in [9.17, 15) is 14.4 Å². The number of benzene rings is 1. The van der Waals surface area contributed by atoms with Crippen molar-refractivity contribution in [2.75, 3.05) is 6.61 Å². The van der Waals surface area contributed by atoms with E-state index in [1.807, 2.05) is 0 Å². The number of nitrogens with one attached hydrogen (secondary N) is 2. The molecular formula is C16H17ClN2O5. The van der Waals surface area contributed by atoms with Crippen molar-refractivity contribution in [1.29, 1.82) is 0 Å². The van der Waals surface area contributed by atoms with Crippen LogP contribution in [0.4, 0.5) is 0 Å². The smallest absolute Gasteiger partial charge is 0.307 e. The maximum absolute atomic E-state index is 12.1. The Morgan fingerprint density at radius 2 is 1.79 bits per heavy atom. The summed E-state index contributed by atoms with van der Waals surface area (Å²) in [6, 6.07) is 6.68. The van der Waals surface area contributed by atoms with Gasteiger partial charge in [0, 0.05) is 0 Å². The highest BCUT2D eigenvalue weighted by atomic mass is 35.5. The molecule has 128 valence electrons. The van der Waals surface area contributed by atoms with E-state index in [0.29, 0.717) is 17.2 Å². The van der Waals surface area contributed by atoms with Crippen LogP contribution in [0.15, 0.2) is 36.4 Å². The van der Waals surface area contributed by atoms with E-state index < -0.39 is 29.6 Å². The van der Waals surface area contributed by atoms with Crippen molar-refractivity contribution in [2.45, 2.75) is 12.8 Å². The number of hydrogen-bond acceptors (Lipinski definition) is 4. The highest BCUT2D eigenvalue weighted by Gasteiger charge is 2.34. The average molecular weight is 353 g/mol. The van der Waals surface area contributed by atoms with Gasteiger partial charge in [0.15, 0.2) is 6.61 Å². The van der Waals surface area contributed by atoms with Crippen LogP contribution in [0.3, 0.4) is 0 Å². The van der Waals surface area contributed by atoms with Crippen molar-refractivity contribution >= 4 is 29.4 Å². The maximum Gasteiger partial charge on any atom is 0.307 e. The second-order valence-corrected chi connectivity index (χ2v) is 5.66.